The minimum absolute atomic E-state index is 0.0806. The number of fused-ring (bicyclic) bond motifs is 2. The molecule has 0 unspecified atom stereocenters. The number of amides is 2. The number of carbonyl (C=O) groups is 2. The summed E-state index contributed by atoms with van der Waals surface area (Å²) in [6, 6.07) is 8.53. The molecule has 7 heteroatoms. The number of para-hydroxylation sites is 1. The van der Waals surface area contributed by atoms with Crippen LogP contribution in [0, 0.1) is 0 Å². The Morgan fingerprint density at radius 2 is 1.89 bits per heavy atom. The molecule has 2 N–H and O–H groups in total. The summed E-state index contributed by atoms with van der Waals surface area (Å²) in [5.41, 5.74) is 1.16. The number of thiophene rings is 1. The van der Waals surface area contributed by atoms with Crippen LogP contribution in [0.4, 0.5) is 5.00 Å². The molecule has 0 saturated heterocycles. The van der Waals surface area contributed by atoms with Crippen molar-refractivity contribution in [1.82, 2.24) is 5.32 Å². The van der Waals surface area contributed by atoms with Crippen molar-refractivity contribution in [2.45, 2.75) is 25.7 Å². The quantitative estimate of drug-likeness (QED) is 0.680. The number of carbonyl (C=O) groups excluding carboxylic acids is 2. The highest BCUT2D eigenvalue weighted by Crippen LogP contribution is 2.38. The van der Waals surface area contributed by atoms with E-state index in [1.54, 1.807) is 31.3 Å². The van der Waals surface area contributed by atoms with Crippen LogP contribution in [-0.4, -0.2) is 18.9 Å². The van der Waals surface area contributed by atoms with Crippen molar-refractivity contribution in [1.29, 1.82) is 0 Å². The molecule has 2 heterocycles. The molecule has 6 nitrogen and oxygen atoms in total. The van der Waals surface area contributed by atoms with Crippen molar-refractivity contribution in [3.63, 3.8) is 0 Å². The van der Waals surface area contributed by atoms with E-state index in [2.05, 4.69) is 10.6 Å². The second-order valence-electron chi connectivity index (χ2n) is 6.43. The summed E-state index contributed by atoms with van der Waals surface area (Å²) < 4.78 is 5.24. The van der Waals surface area contributed by atoms with E-state index >= 15 is 0 Å². The van der Waals surface area contributed by atoms with Gasteiger partial charge in [0.05, 0.1) is 5.56 Å². The van der Waals surface area contributed by atoms with Gasteiger partial charge in [-0.2, -0.15) is 0 Å². The minimum Gasteiger partial charge on any atom is -0.422 e. The number of anilines is 1. The smallest absolute Gasteiger partial charge is 0.349 e. The molecule has 1 aromatic carbocycles. The van der Waals surface area contributed by atoms with Gasteiger partial charge in [-0.05, 0) is 43.4 Å². The van der Waals surface area contributed by atoms with Crippen LogP contribution in [0.1, 0.15) is 44.0 Å². The van der Waals surface area contributed by atoms with Gasteiger partial charge in [0.2, 0.25) is 0 Å². The van der Waals surface area contributed by atoms with E-state index in [9.17, 15) is 14.4 Å². The molecule has 4 rings (SSSR count). The third kappa shape index (κ3) is 3.14. The van der Waals surface area contributed by atoms with Gasteiger partial charge in [-0.25, -0.2) is 4.79 Å². The van der Waals surface area contributed by atoms with E-state index < -0.39 is 11.5 Å². The fourth-order valence-corrected chi connectivity index (χ4v) is 4.69. The highest BCUT2D eigenvalue weighted by Gasteiger charge is 2.26. The molecular weight excluding hydrogens is 364 g/mol. The summed E-state index contributed by atoms with van der Waals surface area (Å²) in [5, 5.41) is 6.56. The average Bonchev–Trinajstić information content (AvgIpc) is 3.04. The number of hydrogen-bond donors (Lipinski definition) is 2. The first kappa shape index (κ1) is 17.5. The highest BCUT2D eigenvalue weighted by molar-refractivity contribution is 7.17. The van der Waals surface area contributed by atoms with Gasteiger partial charge in [-0.3, -0.25) is 9.59 Å². The zero-order valence-corrected chi connectivity index (χ0v) is 15.6. The standard InChI is InChI=1S/C20H18N2O4S/c1-21-18(24)16-12-7-3-5-9-15(12)27-19(16)22-17(23)13-10-11-6-2-4-8-14(11)26-20(13)25/h2,4,6,8,10H,3,5,7,9H2,1H3,(H,21,24)(H,22,23). The van der Waals surface area contributed by atoms with Crippen molar-refractivity contribution >= 4 is 39.1 Å². The van der Waals surface area contributed by atoms with Gasteiger partial charge in [0.1, 0.15) is 16.1 Å². The van der Waals surface area contributed by atoms with Gasteiger partial charge < -0.3 is 15.1 Å². The Balaban J connectivity index is 1.73. The predicted octanol–water partition coefficient (Wildman–Crippen LogP) is 3.35. The lowest BCUT2D eigenvalue weighted by molar-refractivity contribution is 0.0963. The fourth-order valence-electron chi connectivity index (χ4n) is 3.41. The van der Waals surface area contributed by atoms with Crippen LogP contribution in [0.15, 0.2) is 39.5 Å². The Morgan fingerprint density at radius 1 is 1.11 bits per heavy atom. The van der Waals surface area contributed by atoms with Crippen LogP contribution in [0.5, 0.6) is 0 Å². The average molecular weight is 382 g/mol. The monoisotopic (exact) mass is 382 g/mol. The van der Waals surface area contributed by atoms with Gasteiger partial charge >= 0.3 is 5.63 Å². The van der Waals surface area contributed by atoms with Gasteiger partial charge in [0, 0.05) is 17.3 Å². The molecule has 3 aromatic rings. The van der Waals surface area contributed by atoms with Crippen molar-refractivity contribution < 1.29 is 14.0 Å². The van der Waals surface area contributed by atoms with Crippen LogP contribution in [-0.2, 0) is 12.8 Å². The van der Waals surface area contributed by atoms with Crippen molar-refractivity contribution in [3.05, 3.63) is 62.3 Å². The van der Waals surface area contributed by atoms with Gasteiger partial charge in [-0.1, -0.05) is 18.2 Å². The lowest BCUT2D eigenvalue weighted by Crippen LogP contribution is -2.24. The lowest BCUT2D eigenvalue weighted by Gasteiger charge is -2.12. The summed E-state index contributed by atoms with van der Waals surface area (Å²) in [6.07, 6.45) is 3.82. The lowest BCUT2D eigenvalue weighted by atomic mass is 9.95. The molecule has 0 spiro atoms. The molecule has 0 atom stereocenters. The molecule has 0 bridgehead atoms. The largest absolute Gasteiger partial charge is 0.422 e. The van der Waals surface area contributed by atoms with Gasteiger partial charge in [-0.15, -0.1) is 11.3 Å². The number of benzene rings is 1. The number of aryl methyl sites for hydroxylation is 1. The van der Waals surface area contributed by atoms with Crippen LogP contribution in [0.2, 0.25) is 0 Å². The van der Waals surface area contributed by atoms with Crippen molar-refractivity contribution in [3.8, 4) is 0 Å². The Labute approximate surface area is 159 Å². The number of hydrogen-bond acceptors (Lipinski definition) is 5. The van der Waals surface area contributed by atoms with Crippen LogP contribution < -0.4 is 16.3 Å². The van der Waals surface area contributed by atoms with Crippen molar-refractivity contribution in [2.75, 3.05) is 12.4 Å². The first-order chi connectivity index (χ1) is 13.1. The Morgan fingerprint density at radius 3 is 2.70 bits per heavy atom. The normalized spacial score (nSPS) is 13.2. The maximum Gasteiger partial charge on any atom is 0.349 e. The summed E-state index contributed by atoms with van der Waals surface area (Å²) in [4.78, 5) is 38.5. The van der Waals surface area contributed by atoms with E-state index in [1.165, 1.54) is 17.4 Å². The molecule has 27 heavy (non-hydrogen) atoms. The Bertz CT molecular complexity index is 1110. The minimum atomic E-state index is -0.700. The maximum absolute atomic E-state index is 12.8. The van der Waals surface area contributed by atoms with Crippen molar-refractivity contribution in [2.24, 2.45) is 0 Å². The predicted molar refractivity (Wildman–Crippen MR) is 105 cm³/mol. The summed E-state index contributed by atoms with van der Waals surface area (Å²) in [5.74, 6) is -0.798. The first-order valence-corrected chi connectivity index (χ1v) is 9.61. The molecule has 0 aliphatic heterocycles. The molecule has 2 amide bonds. The highest BCUT2D eigenvalue weighted by atomic mass is 32.1. The summed E-state index contributed by atoms with van der Waals surface area (Å²) in [7, 11) is 1.57. The van der Waals surface area contributed by atoms with Crippen LogP contribution in [0.25, 0.3) is 11.0 Å². The third-order valence-electron chi connectivity index (χ3n) is 4.74. The third-order valence-corrected chi connectivity index (χ3v) is 5.95. The SMILES string of the molecule is CNC(=O)c1c(NC(=O)c2cc3ccccc3oc2=O)sc2c1CCCC2. The zero-order valence-electron chi connectivity index (χ0n) is 14.8. The molecular formula is C20H18N2O4S. The summed E-state index contributed by atoms with van der Waals surface area (Å²) in [6.45, 7) is 0. The molecule has 1 aliphatic rings. The van der Waals surface area contributed by atoms with Gasteiger partial charge in [0.25, 0.3) is 11.8 Å². The molecule has 1 aliphatic carbocycles. The molecule has 0 radical (unpaired) electrons. The fraction of sp³-hybridized carbons (Fsp3) is 0.250. The van der Waals surface area contributed by atoms with Crippen LogP contribution >= 0.6 is 11.3 Å². The molecule has 0 saturated carbocycles. The molecule has 2 aromatic heterocycles. The Hall–Kier alpha value is -2.93. The topological polar surface area (TPSA) is 88.4 Å². The van der Waals surface area contributed by atoms with Crippen LogP contribution in [0.3, 0.4) is 0 Å². The molecule has 0 fully saturated rings. The summed E-state index contributed by atoms with van der Waals surface area (Å²) >= 11 is 1.41. The Kier molecular flexibility index (Phi) is 4.53. The van der Waals surface area contributed by atoms with Gasteiger partial charge in [0.15, 0.2) is 0 Å². The van der Waals surface area contributed by atoms with E-state index in [1.807, 2.05) is 0 Å². The first-order valence-electron chi connectivity index (χ1n) is 8.79. The second kappa shape index (κ2) is 7.00. The zero-order chi connectivity index (χ0) is 19.0. The second-order valence-corrected chi connectivity index (χ2v) is 7.54. The molecule has 138 valence electrons. The maximum atomic E-state index is 12.8. The van der Waals surface area contributed by atoms with E-state index in [-0.39, 0.29) is 11.5 Å². The van der Waals surface area contributed by atoms with E-state index in [4.69, 9.17) is 4.42 Å². The number of nitrogens with one attached hydrogen (secondary N) is 2. The number of rotatable bonds is 3. The van der Waals surface area contributed by atoms with E-state index in [0.29, 0.717) is 21.5 Å². The van der Waals surface area contributed by atoms with E-state index in [0.717, 1.165) is 36.1 Å².